The van der Waals surface area contributed by atoms with Crippen LogP contribution in [0.15, 0.2) is 77.9 Å². The monoisotopic (exact) mass is 568 g/mol. The molecule has 5 heteroatoms. The second-order valence-electron chi connectivity index (χ2n) is 10.9. The van der Waals surface area contributed by atoms with Gasteiger partial charge in [0, 0.05) is 16.2 Å². The summed E-state index contributed by atoms with van der Waals surface area (Å²) in [6.07, 6.45) is 5.61. The van der Waals surface area contributed by atoms with E-state index in [0.29, 0.717) is 23.4 Å². The molecule has 0 amide bonds. The van der Waals surface area contributed by atoms with E-state index in [4.69, 9.17) is 16.3 Å². The Balaban J connectivity index is 1.41. The normalized spacial score (nSPS) is 15.9. The minimum Gasteiger partial charge on any atom is -0.497 e. The van der Waals surface area contributed by atoms with Crippen molar-refractivity contribution in [2.45, 2.75) is 89.6 Å². The standard InChI is InChI=1S/C35H40ClF3O/c1-3-4-5-6-7-8-9-10-28-15-16-29(23-33(28)35(37,38)39)25-11-13-26(14-12-25)30-19-22-32(34(36)24-30)27-17-20-31(40-2)21-18-27/h11-14,17-22,24,29H,3-10,15-16,23H2,1-2H3. The summed E-state index contributed by atoms with van der Waals surface area (Å²) in [5.41, 5.74) is 5.25. The van der Waals surface area contributed by atoms with Gasteiger partial charge in [0.25, 0.3) is 0 Å². The fraction of sp³-hybridized carbons (Fsp3) is 0.429. The number of hydrogen-bond acceptors (Lipinski definition) is 1. The lowest BCUT2D eigenvalue weighted by molar-refractivity contribution is -0.0967. The zero-order valence-electron chi connectivity index (χ0n) is 23.6. The highest BCUT2D eigenvalue weighted by Gasteiger charge is 2.39. The Hall–Kier alpha value is -2.72. The second-order valence-corrected chi connectivity index (χ2v) is 11.3. The Labute approximate surface area is 242 Å². The highest BCUT2D eigenvalue weighted by atomic mass is 35.5. The average Bonchev–Trinajstić information content (AvgIpc) is 2.96. The van der Waals surface area contributed by atoms with E-state index in [2.05, 4.69) is 6.92 Å². The van der Waals surface area contributed by atoms with Gasteiger partial charge < -0.3 is 4.74 Å². The lowest BCUT2D eigenvalue weighted by Crippen LogP contribution is -2.21. The quantitative estimate of drug-likeness (QED) is 0.156. The van der Waals surface area contributed by atoms with Crippen molar-refractivity contribution in [3.63, 3.8) is 0 Å². The maximum atomic E-state index is 14.0. The van der Waals surface area contributed by atoms with Crippen LogP contribution in [-0.2, 0) is 0 Å². The summed E-state index contributed by atoms with van der Waals surface area (Å²) in [7, 11) is 1.64. The third-order valence-corrected chi connectivity index (χ3v) is 8.49. The van der Waals surface area contributed by atoms with Gasteiger partial charge in [0.15, 0.2) is 0 Å². The molecule has 40 heavy (non-hydrogen) atoms. The fourth-order valence-corrected chi connectivity index (χ4v) is 6.10. The molecule has 1 aliphatic carbocycles. The van der Waals surface area contributed by atoms with Crippen molar-refractivity contribution in [1.82, 2.24) is 0 Å². The van der Waals surface area contributed by atoms with Gasteiger partial charge in [-0.15, -0.1) is 0 Å². The Kier molecular flexibility index (Phi) is 10.8. The number of ether oxygens (including phenoxy) is 1. The molecule has 0 aliphatic heterocycles. The van der Waals surface area contributed by atoms with Gasteiger partial charge in [0.1, 0.15) is 5.75 Å². The van der Waals surface area contributed by atoms with Crippen molar-refractivity contribution in [2.75, 3.05) is 7.11 Å². The summed E-state index contributed by atoms with van der Waals surface area (Å²) >= 11 is 6.64. The predicted octanol–water partition coefficient (Wildman–Crippen LogP) is 11.9. The first-order chi connectivity index (χ1) is 19.3. The van der Waals surface area contributed by atoms with E-state index < -0.39 is 6.18 Å². The second kappa shape index (κ2) is 14.3. The molecule has 1 unspecified atom stereocenters. The molecule has 0 saturated heterocycles. The third kappa shape index (κ3) is 7.94. The van der Waals surface area contributed by atoms with E-state index in [0.717, 1.165) is 59.3 Å². The van der Waals surface area contributed by atoms with Gasteiger partial charge in [-0.2, -0.15) is 13.2 Å². The topological polar surface area (TPSA) is 9.23 Å². The molecule has 0 N–H and O–H groups in total. The maximum Gasteiger partial charge on any atom is 0.412 e. The van der Waals surface area contributed by atoms with Gasteiger partial charge in [-0.25, -0.2) is 0 Å². The lowest BCUT2D eigenvalue weighted by atomic mass is 9.78. The molecule has 1 nitrogen and oxygen atoms in total. The number of allylic oxidation sites excluding steroid dienone is 2. The molecular formula is C35H40ClF3O. The molecule has 0 saturated carbocycles. The highest BCUT2D eigenvalue weighted by molar-refractivity contribution is 6.33. The Morgan fingerprint density at radius 2 is 1.43 bits per heavy atom. The highest BCUT2D eigenvalue weighted by Crippen LogP contribution is 2.45. The molecule has 0 fully saturated rings. The summed E-state index contributed by atoms with van der Waals surface area (Å²) in [6.45, 7) is 2.19. The van der Waals surface area contributed by atoms with Crippen molar-refractivity contribution < 1.29 is 17.9 Å². The van der Waals surface area contributed by atoms with Crippen molar-refractivity contribution in [3.05, 3.63) is 88.5 Å². The number of rotatable bonds is 12. The molecular weight excluding hydrogens is 529 g/mol. The number of unbranched alkanes of at least 4 members (excludes halogenated alkanes) is 6. The molecule has 1 atom stereocenters. The minimum atomic E-state index is -4.25. The Morgan fingerprint density at radius 1 is 0.800 bits per heavy atom. The molecule has 0 bridgehead atoms. The van der Waals surface area contributed by atoms with Crippen LogP contribution in [0, 0.1) is 0 Å². The van der Waals surface area contributed by atoms with Gasteiger partial charge in [-0.3, -0.25) is 0 Å². The van der Waals surface area contributed by atoms with E-state index >= 15 is 0 Å². The smallest absolute Gasteiger partial charge is 0.412 e. The molecule has 0 aromatic heterocycles. The van der Waals surface area contributed by atoms with E-state index in [1.54, 1.807) is 7.11 Å². The van der Waals surface area contributed by atoms with Crippen molar-refractivity contribution >= 4 is 11.6 Å². The average molecular weight is 569 g/mol. The largest absolute Gasteiger partial charge is 0.497 e. The van der Waals surface area contributed by atoms with Crippen LogP contribution in [0.2, 0.25) is 5.02 Å². The van der Waals surface area contributed by atoms with Gasteiger partial charge >= 0.3 is 6.18 Å². The van der Waals surface area contributed by atoms with Crippen LogP contribution >= 0.6 is 11.6 Å². The van der Waals surface area contributed by atoms with E-state index in [1.807, 2.05) is 66.7 Å². The van der Waals surface area contributed by atoms with E-state index in [9.17, 15) is 13.2 Å². The summed E-state index contributed by atoms with van der Waals surface area (Å²) in [4.78, 5) is 0. The van der Waals surface area contributed by atoms with E-state index in [-0.39, 0.29) is 17.9 Å². The van der Waals surface area contributed by atoms with Gasteiger partial charge in [0.2, 0.25) is 0 Å². The summed E-state index contributed by atoms with van der Waals surface area (Å²) in [6, 6.07) is 21.7. The third-order valence-electron chi connectivity index (χ3n) is 8.18. The Bertz CT molecular complexity index is 1260. The van der Waals surface area contributed by atoms with Crippen LogP contribution in [0.4, 0.5) is 13.2 Å². The first-order valence-electron chi connectivity index (χ1n) is 14.6. The molecule has 4 rings (SSSR count). The SMILES string of the molecule is CCCCCCCCCC1=C(C(F)(F)F)CC(c2ccc(-c3ccc(-c4ccc(OC)cc4)c(Cl)c3)cc2)CC1. The first-order valence-corrected chi connectivity index (χ1v) is 15.0. The number of hydrogen-bond donors (Lipinski definition) is 0. The van der Waals surface area contributed by atoms with Crippen molar-refractivity contribution in [3.8, 4) is 28.0 Å². The molecule has 0 heterocycles. The van der Waals surface area contributed by atoms with Crippen molar-refractivity contribution in [2.24, 2.45) is 0 Å². The molecule has 3 aromatic rings. The lowest BCUT2D eigenvalue weighted by Gasteiger charge is -2.29. The zero-order valence-corrected chi connectivity index (χ0v) is 24.4. The minimum absolute atomic E-state index is 0.0804. The number of benzene rings is 3. The van der Waals surface area contributed by atoms with Crippen LogP contribution in [0.3, 0.4) is 0 Å². The zero-order chi connectivity index (χ0) is 28.5. The van der Waals surface area contributed by atoms with Gasteiger partial charge in [-0.1, -0.05) is 111 Å². The molecule has 1 aliphatic rings. The van der Waals surface area contributed by atoms with Gasteiger partial charge in [-0.05, 0) is 78.5 Å². The number of alkyl halides is 3. The van der Waals surface area contributed by atoms with Crippen molar-refractivity contribution in [1.29, 1.82) is 0 Å². The fourth-order valence-electron chi connectivity index (χ4n) is 5.81. The van der Waals surface area contributed by atoms with Gasteiger partial charge in [0.05, 0.1) is 7.11 Å². The first kappa shape index (κ1) is 30.2. The van der Waals surface area contributed by atoms with Crippen LogP contribution in [0.25, 0.3) is 22.3 Å². The van der Waals surface area contributed by atoms with Crippen LogP contribution in [0.5, 0.6) is 5.75 Å². The van der Waals surface area contributed by atoms with E-state index in [1.165, 1.54) is 25.7 Å². The number of methoxy groups -OCH3 is 1. The van der Waals surface area contributed by atoms with Crippen LogP contribution in [0.1, 0.15) is 89.0 Å². The number of halogens is 4. The summed E-state index contributed by atoms with van der Waals surface area (Å²) in [5.74, 6) is 0.682. The maximum absolute atomic E-state index is 14.0. The van der Waals surface area contributed by atoms with Crippen LogP contribution in [-0.4, -0.2) is 13.3 Å². The van der Waals surface area contributed by atoms with Crippen LogP contribution < -0.4 is 4.74 Å². The molecule has 3 aromatic carbocycles. The molecule has 0 spiro atoms. The summed E-state index contributed by atoms with van der Waals surface area (Å²) < 4.78 is 47.3. The predicted molar refractivity (Wildman–Crippen MR) is 161 cm³/mol. The Morgan fingerprint density at radius 3 is 2.05 bits per heavy atom. The molecule has 214 valence electrons. The molecule has 0 radical (unpaired) electrons. The summed E-state index contributed by atoms with van der Waals surface area (Å²) in [5, 5.41) is 0.646.